The molecular formula is C15H21F2N3O2. The van der Waals surface area contributed by atoms with E-state index in [0.717, 1.165) is 0 Å². The zero-order valence-corrected chi connectivity index (χ0v) is 12.6. The van der Waals surface area contributed by atoms with Gasteiger partial charge in [-0.3, -0.25) is 4.79 Å². The number of nitrogens with one attached hydrogen (secondary N) is 2. The summed E-state index contributed by atoms with van der Waals surface area (Å²) in [4.78, 5) is 13.7. The Kier molecular flexibility index (Phi) is 5.44. The Morgan fingerprint density at radius 3 is 2.59 bits per heavy atom. The van der Waals surface area contributed by atoms with Crippen LogP contribution in [0.1, 0.15) is 18.0 Å². The van der Waals surface area contributed by atoms with E-state index < -0.39 is 29.8 Å². The summed E-state index contributed by atoms with van der Waals surface area (Å²) < 4.78 is 27.8. The predicted octanol–water partition coefficient (Wildman–Crippen LogP) is 0.407. The number of hydrogen-bond acceptors (Lipinski definition) is 4. The predicted molar refractivity (Wildman–Crippen MR) is 78.2 cm³/mol. The van der Waals surface area contributed by atoms with Crippen LogP contribution in [0.25, 0.3) is 0 Å². The molecule has 7 heteroatoms. The first-order valence-electron chi connectivity index (χ1n) is 7.19. The maximum absolute atomic E-state index is 13.9. The van der Waals surface area contributed by atoms with Crippen molar-refractivity contribution in [3.8, 4) is 0 Å². The van der Waals surface area contributed by atoms with Gasteiger partial charge < -0.3 is 20.6 Å². The quantitative estimate of drug-likeness (QED) is 0.737. The number of aliphatic hydroxyl groups excluding tert-OH is 1. The minimum atomic E-state index is -0.637. The largest absolute Gasteiger partial charge is 0.392 e. The Balaban J connectivity index is 2.05. The monoisotopic (exact) mass is 313 g/mol. The Morgan fingerprint density at radius 2 is 2.09 bits per heavy atom. The molecule has 1 aliphatic rings. The fourth-order valence-electron chi connectivity index (χ4n) is 2.61. The summed E-state index contributed by atoms with van der Waals surface area (Å²) in [7, 11) is 3.39. The Morgan fingerprint density at radius 1 is 1.45 bits per heavy atom. The number of nitrogens with zero attached hydrogens (tertiary/aromatic N) is 1. The molecule has 1 saturated heterocycles. The van der Waals surface area contributed by atoms with Gasteiger partial charge in [0.2, 0.25) is 5.91 Å². The summed E-state index contributed by atoms with van der Waals surface area (Å²) in [5, 5.41) is 15.0. The first-order chi connectivity index (χ1) is 10.4. The highest BCUT2D eigenvalue weighted by molar-refractivity contribution is 5.82. The molecule has 1 aliphatic heterocycles. The number of likely N-dealkylation sites (N-methyl/N-ethyl adjacent to an activating group) is 1. The normalized spacial score (nSPS) is 22.8. The van der Waals surface area contributed by atoms with Gasteiger partial charge in [0.15, 0.2) is 0 Å². The second-order valence-electron chi connectivity index (χ2n) is 5.71. The number of β-amino-alcohol motifs (C(OH)–C–C–N with tert-alkyl or cyclic N) is 1. The standard InChI is InChI=1S/C15H21F2N3O2/c1-20(2)13(14-10(16)4-3-5-11(14)17)8-19-15(22)12-6-9(21)7-18-12/h3-5,9,12-13,18,21H,6-8H2,1-2H3,(H,19,22). The molecule has 0 saturated carbocycles. The number of carbonyl (C=O) groups is 1. The van der Waals surface area contributed by atoms with Crippen LogP contribution < -0.4 is 10.6 Å². The number of aliphatic hydroxyl groups is 1. The molecule has 1 fully saturated rings. The first kappa shape index (κ1) is 16.8. The van der Waals surface area contributed by atoms with Gasteiger partial charge >= 0.3 is 0 Å². The molecule has 1 heterocycles. The highest BCUT2D eigenvalue weighted by atomic mass is 19.1. The fraction of sp³-hybridized carbons (Fsp3) is 0.533. The Bertz CT molecular complexity index is 519. The van der Waals surface area contributed by atoms with Crippen molar-refractivity contribution < 1.29 is 18.7 Å². The van der Waals surface area contributed by atoms with Gasteiger partial charge in [0.1, 0.15) is 11.6 Å². The third-order valence-electron chi connectivity index (χ3n) is 3.85. The topological polar surface area (TPSA) is 64.6 Å². The van der Waals surface area contributed by atoms with Crippen molar-refractivity contribution in [2.24, 2.45) is 0 Å². The fourth-order valence-corrected chi connectivity index (χ4v) is 2.61. The van der Waals surface area contributed by atoms with Crippen molar-refractivity contribution in [3.05, 3.63) is 35.4 Å². The smallest absolute Gasteiger partial charge is 0.237 e. The van der Waals surface area contributed by atoms with E-state index >= 15 is 0 Å². The molecule has 0 spiro atoms. The molecule has 2 rings (SSSR count). The second-order valence-corrected chi connectivity index (χ2v) is 5.71. The lowest BCUT2D eigenvalue weighted by Crippen LogP contribution is -2.43. The second kappa shape index (κ2) is 7.13. The van der Waals surface area contributed by atoms with Crippen LogP contribution in [0.3, 0.4) is 0 Å². The van der Waals surface area contributed by atoms with Crippen molar-refractivity contribution >= 4 is 5.91 Å². The molecule has 0 radical (unpaired) electrons. The summed E-state index contributed by atoms with van der Waals surface area (Å²) in [6.45, 7) is 0.453. The number of rotatable bonds is 5. The van der Waals surface area contributed by atoms with Crippen LogP contribution in [0.2, 0.25) is 0 Å². The zero-order valence-electron chi connectivity index (χ0n) is 12.6. The number of benzene rings is 1. The van der Waals surface area contributed by atoms with Gasteiger partial charge in [-0.05, 0) is 32.6 Å². The number of hydrogen-bond donors (Lipinski definition) is 3. The van der Waals surface area contributed by atoms with Gasteiger partial charge in [-0.15, -0.1) is 0 Å². The summed E-state index contributed by atoms with van der Waals surface area (Å²) >= 11 is 0. The third kappa shape index (κ3) is 3.79. The van der Waals surface area contributed by atoms with E-state index in [1.807, 2.05) is 0 Å². The lowest BCUT2D eigenvalue weighted by Gasteiger charge is -2.26. The molecule has 5 nitrogen and oxygen atoms in total. The van der Waals surface area contributed by atoms with E-state index in [2.05, 4.69) is 10.6 Å². The highest BCUT2D eigenvalue weighted by Crippen LogP contribution is 2.24. The van der Waals surface area contributed by atoms with Gasteiger partial charge in [-0.25, -0.2) is 8.78 Å². The van der Waals surface area contributed by atoms with Crippen molar-refractivity contribution in [1.29, 1.82) is 0 Å². The van der Waals surface area contributed by atoms with Gasteiger partial charge in [-0.2, -0.15) is 0 Å². The van der Waals surface area contributed by atoms with E-state index in [4.69, 9.17) is 0 Å². The minimum Gasteiger partial charge on any atom is -0.392 e. The maximum atomic E-state index is 13.9. The highest BCUT2D eigenvalue weighted by Gasteiger charge is 2.29. The SMILES string of the molecule is CN(C)C(CNC(=O)C1CC(O)CN1)c1c(F)cccc1F. The van der Waals surface area contributed by atoms with Gasteiger partial charge in [0, 0.05) is 18.7 Å². The Hall–Kier alpha value is -1.57. The van der Waals surface area contributed by atoms with Crippen molar-refractivity contribution in [2.45, 2.75) is 24.6 Å². The average Bonchev–Trinajstić information content (AvgIpc) is 2.88. The third-order valence-corrected chi connectivity index (χ3v) is 3.85. The molecule has 1 aromatic carbocycles. The summed E-state index contributed by atoms with van der Waals surface area (Å²) in [6.07, 6.45) is -0.198. The number of amides is 1. The van der Waals surface area contributed by atoms with Crippen molar-refractivity contribution in [2.75, 3.05) is 27.2 Å². The molecule has 0 aromatic heterocycles. The van der Waals surface area contributed by atoms with Crippen LogP contribution in [-0.2, 0) is 4.79 Å². The van der Waals surface area contributed by atoms with Crippen LogP contribution in [-0.4, -0.2) is 55.2 Å². The molecule has 122 valence electrons. The molecule has 1 aromatic rings. The minimum absolute atomic E-state index is 0.0628. The van der Waals surface area contributed by atoms with Crippen molar-refractivity contribution in [3.63, 3.8) is 0 Å². The van der Waals surface area contributed by atoms with Crippen LogP contribution in [0.15, 0.2) is 18.2 Å². The molecule has 3 unspecified atom stereocenters. The average molecular weight is 313 g/mol. The lowest BCUT2D eigenvalue weighted by molar-refractivity contribution is -0.123. The van der Waals surface area contributed by atoms with Crippen molar-refractivity contribution in [1.82, 2.24) is 15.5 Å². The molecule has 0 aliphatic carbocycles. The van der Waals surface area contributed by atoms with Gasteiger partial charge in [0.05, 0.1) is 18.2 Å². The molecular weight excluding hydrogens is 292 g/mol. The lowest BCUT2D eigenvalue weighted by atomic mass is 10.0. The van der Waals surface area contributed by atoms with Gasteiger partial charge in [-0.1, -0.05) is 6.07 Å². The molecule has 3 atom stereocenters. The molecule has 3 N–H and O–H groups in total. The van der Waals surface area contributed by atoms with E-state index in [-0.39, 0.29) is 18.0 Å². The maximum Gasteiger partial charge on any atom is 0.237 e. The first-order valence-corrected chi connectivity index (χ1v) is 7.19. The summed E-state index contributed by atoms with van der Waals surface area (Å²) in [6, 6.07) is 2.63. The van der Waals surface area contributed by atoms with Crippen LogP contribution in [0, 0.1) is 11.6 Å². The zero-order chi connectivity index (χ0) is 16.3. The molecule has 22 heavy (non-hydrogen) atoms. The number of carbonyl (C=O) groups excluding carboxylic acids is 1. The van der Waals surface area contributed by atoms with E-state index in [9.17, 15) is 18.7 Å². The van der Waals surface area contributed by atoms with E-state index in [1.54, 1.807) is 19.0 Å². The van der Waals surface area contributed by atoms with E-state index in [0.29, 0.717) is 13.0 Å². The van der Waals surface area contributed by atoms with Gasteiger partial charge in [0.25, 0.3) is 0 Å². The number of halogens is 2. The van der Waals surface area contributed by atoms with Crippen LogP contribution in [0.5, 0.6) is 0 Å². The summed E-state index contributed by atoms with van der Waals surface area (Å²) in [5.74, 6) is -1.55. The molecule has 1 amide bonds. The van der Waals surface area contributed by atoms with E-state index in [1.165, 1.54) is 18.2 Å². The summed E-state index contributed by atoms with van der Waals surface area (Å²) in [5.41, 5.74) is -0.0628. The molecule has 0 bridgehead atoms. The van der Waals surface area contributed by atoms with Crippen LogP contribution >= 0.6 is 0 Å². The Labute approximate surface area is 128 Å². The van der Waals surface area contributed by atoms with Crippen LogP contribution in [0.4, 0.5) is 8.78 Å².